The van der Waals surface area contributed by atoms with Gasteiger partial charge in [-0.05, 0) is 93.7 Å². The summed E-state index contributed by atoms with van der Waals surface area (Å²) in [5, 5.41) is 16.3. The molecule has 1 fully saturated rings. The molecule has 1 saturated carbocycles. The van der Waals surface area contributed by atoms with Gasteiger partial charge >= 0.3 is 0 Å². The number of fused-ring (bicyclic) bond motifs is 1. The van der Waals surface area contributed by atoms with Gasteiger partial charge in [0.25, 0.3) is 0 Å². The smallest absolute Gasteiger partial charge is 0.114 e. The summed E-state index contributed by atoms with van der Waals surface area (Å²) >= 11 is 0. The summed E-state index contributed by atoms with van der Waals surface area (Å²) in [5.74, 6) is 0. The largest absolute Gasteiger partial charge is 0.305 e. The molecule has 3 aromatic heterocycles. The van der Waals surface area contributed by atoms with E-state index < -0.39 is 0 Å². The minimum Gasteiger partial charge on any atom is -0.305 e. The highest BCUT2D eigenvalue weighted by atomic mass is 15.1. The van der Waals surface area contributed by atoms with Crippen LogP contribution in [0.25, 0.3) is 39.5 Å². The first-order valence-corrected chi connectivity index (χ1v) is 13.1. The fraction of sp³-hybridized carbons (Fsp3) is 0.290. The van der Waals surface area contributed by atoms with Crippen molar-refractivity contribution in [2.24, 2.45) is 0 Å². The van der Waals surface area contributed by atoms with E-state index in [1.54, 1.807) is 0 Å². The Hall–Kier alpha value is -3.86. The number of aromatic nitrogens is 4. The lowest BCUT2D eigenvalue weighted by molar-refractivity contribution is 0.675. The van der Waals surface area contributed by atoms with Crippen molar-refractivity contribution in [1.82, 2.24) is 20.2 Å². The summed E-state index contributed by atoms with van der Waals surface area (Å²) in [4.78, 5) is 10.1. The van der Waals surface area contributed by atoms with Crippen molar-refractivity contribution in [3.63, 3.8) is 0 Å². The van der Waals surface area contributed by atoms with Crippen LogP contribution in [0.3, 0.4) is 0 Å². The zero-order valence-corrected chi connectivity index (χ0v) is 20.8. The number of allylic oxidation sites excluding steroid dienone is 2. The Labute approximate surface area is 212 Å². The van der Waals surface area contributed by atoms with Crippen LogP contribution in [0, 0.1) is 5.41 Å². The van der Waals surface area contributed by atoms with E-state index in [-0.39, 0.29) is 0 Å². The Morgan fingerprint density at radius 1 is 0.722 bits per heavy atom. The quantitative estimate of drug-likeness (QED) is 0.323. The minimum absolute atomic E-state index is 0.771. The molecule has 0 bridgehead atoms. The number of pyridine rings is 2. The third kappa shape index (κ3) is 4.19. The van der Waals surface area contributed by atoms with Crippen LogP contribution in [0.5, 0.6) is 0 Å². The number of rotatable bonds is 4. The molecule has 5 nitrogen and oxygen atoms in total. The van der Waals surface area contributed by atoms with Crippen molar-refractivity contribution in [3.8, 4) is 33.9 Å². The molecule has 4 aromatic rings. The van der Waals surface area contributed by atoms with Crippen LogP contribution in [-0.4, -0.2) is 25.9 Å². The van der Waals surface area contributed by atoms with Crippen LogP contribution in [0.15, 0.2) is 66.2 Å². The second kappa shape index (κ2) is 9.65. The van der Waals surface area contributed by atoms with Gasteiger partial charge < -0.3 is 5.41 Å². The number of aromatic amines is 1. The second-order valence-corrected chi connectivity index (χ2v) is 9.89. The lowest BCUT2D eigenvalue weighted by Gasteiger charge is -2.18. The maximum Gasteiger partial charge on any atom is 0.114 e. The van der Waals surface area contributed by atoms with Crippen molar-refractivity contribution in [2.75, 3.05) is 0 Å². The molecule has 0 aliphatic heterocycles. The Kier molecular flexibility index (Phi) is 6.06. The molecule has 0 atom stereocenters. The number of H-pyrrole nitrogens is 1. The zero-order chi connectivity index (χ0) is 24.5. The first-order valence-electron chi connectivity index (χ1n) is 13.1. The summed E-state index contributed by atoms with van der Waals surface area (Å²) < 4.78 is 0. The summed E-state index contributed by atoms with van der Waals surface area (Å²) in [6.07, 6.45) is 8.67. The van der Waals surface area contributed by atoms with E-state index in [4.69, 9.17) is 15.4 Å². The fourth-order valence-electron chi connectivity index (χ4n) is 5.61. The predicted octanol–water partition coefficient (Wildman–Crippen LogP) is 7.45. The molecule has 2 aliphatic carbocycles. The standard InChI is InChI=1S/C31H31N5/c1-20(21-10-4-6-14-25(21)32)26-16-8-17-27(33-26)22-11-2-3-12-23(22)28-18-9-19-30(34-28)31-24-13-5-7-15-29(24)35-36-31/h2-3,8-9,11-12,16-19,32H,4-7,10,13-15H2,1H3,(H,35,36)/b21-20+,32-25?. The van der Waals surface area contributed by atoms with E-state index in [0.717, 1.165) is 95.0 Å². The van der Waals surface area contributed by atoms with E-state index in [2.05, 4.69) is 77.8 Å². The average Bonchev–Trinajstić information content (AvgIpc) is 3.37. The molecule has 5 heteroatoms. The number of nitrogens with one attached hydrogen (secondary N) is 2. The maximum atomic E-state index is 8.43. The van der Waals surface area contributed by atoms with Gasteiger partial charge in [0, 0.05) is 28.1 Å². The van der Waals surface area contributed by atoms with Crippen molar-refractivity contribution in [3.05, 3.63) is 83.2 Å². The van der Waals surface area contributed by atoms with Gasteiger partial charge in [-0.25, -0.2) is 9.97 Å². The highest BCUT2D eigenvalue weighted by molar-refractivity contribution is 6.04. The Morgan fingerprint density at radius 3 is 2.19 bits per heavy atom. The average molecular weight is 474 g/mol. The van der Waals surface area contributed by atoms with Gasteiger partial charge in [0.15, 0.2) is 0 Å². The van der Waals surface area contributed by atoms with Crippen molar-refractivity contribution in [1.29, 1.82) is 5.41 Å². The van der Waals surface area contributed by atoms with Crippen LogP contribution in [0.4, 0.5) is 0 Å². The van der Waals surface area contributed by atoms with Gasteiger partial charge in [-0.15, -0.1) is 0 Å². The van der Waals surface area contributed by atoms with Crippen molar-refractivity contribution >= 4 is 11.3 Å². The second-order valence-electron chi connectivity index (χ2n) is 9.89. The molecule has 180 valence electrons. The third-order valence-corrected chi connectivity index (χ3v) is 7.58. The molecule has 36 heavy (non-hydrogen) atoms. The zero-order valence-electron chi connectivity index (χ0n) is 20.8. The summed E-state index contributed by atoms with van der Waals surface area (Å²) in [7, 11) is 0. The molecule has 2 N–H and O–H groups in total. The van der Waals surface area contributed by atoms with Gasteiger partial charge in [-0.1, -0.05) is 36.4 Å². The lowest BCUT2D eigenvalue weighted by atomic mass is 9.88. The van der Waals surface area contributed by atoms with E-state index in [1.165, 1.54) is 24.1 Å². The third-order valence-electron chi connectivity index (χ3n) is 7.58. The Bertz CT molecular complexity index is 1480. The number of hydrogen-bond acceptors (Lipinski definition) is 4. The van der Waals surface area contributed by atoms with Gasteiger partial charge in [0.2, 0.25) is 0 Å². The number of benzene rings is 1. The van der Waals surface area contributed by atoms with E-state index in [9.17, 15) is 0 Å². The van der Waals surface area contributed by atoms with Crippen LogP contribution in [0.2, 0.25) is 0 Å². The first kappa shape index (κ1) is 22.6. The normalized spacial score (nSPS) is 17.1. The SMILES string of the molecule is C/C(=C1/CCCCC1=N)c1cccc(-c2ccccc2-c2cccc(-c3n[nH]c4c3CCCC4)n2)n1. The maximum absolute atomic E-state index is 8.43. The fourth-order valence-corrected chi connectivity index (χ4v) is 5.61. The predicted molar refractivity (Wildman–Crippen MR) is 146 cm³/mol. The summed E-state index contributed by atoms with van der Waals surface area (Å²) in [6.45, 7) is 2.11. The van der Waals surface area contributed by atoms with Crippen molar-refractivity contribution in [2.45, 2.75) is 58.3 Å². The van der Waals surface area contributed by atoms with Crippen LogP contribution < -0.4 is 0 Å². The van der Waals surface area contributed by atoms with E-state index in [1.807, 2.05) is 0 Å². The summed E-state index contributed by atoms with van der Waals surface area (Å²) in [5.41, 5.74) is 12.5. The molecular weight excluding hydrogens is 442 g/mol. The van der Waals surface area contributed by atoms with Crippen LogP contribution in [-0.2, 0) is 12.8 Å². The van der Waals surface area contributed by atoms with Crippen molar-refractivity contribution < 1.29 is 0 Å². The molecule has 0 radical (unpaired) electrons. The van der Waals surface area contributed by atoms with Gasteiger partial charge in [0.1, 0.15) is 5.69 Å². The van der Waals surface area contributed by atoms with E-state index >= 15 is 0 Å². The first-order chi connectivity index (χ1) is 17.7. The number of hydrogen-bond donors (Lipinski definition) is 2. The van der Waals surface area contributed by atoms with Crippen LogP contribution in [0.1, 0.15) is 62.4 Å². The number of aryl methyl sites for hydroxylation is 1. The molecule has 0 amide bonds. The highest BCUT2D eigenvalue weighted by Crippen LogP contribution is 2.34. The minimum atomic E-state index is 0.771. The Balaban J connectivity index is 1.40. The van der Waals surface area contributed by atoms with Crippen LogP contribution >= 0.6 is 0 Å². The highest BCUT2D eigenvalue weighted by Gasteiger charge is 2.20. The van der Waals surface area contributed by atoms with Gasteiger partial charge in [-0.2, -0.15) is 5.10 Å². The molecule has 6 rings (SSSR count). The molecule has 0 unspecified atom stereocenters. The van der Waals surface area contributed by atoms with E-state index in [0.29, 0.717) is 0 Å². The Morgan fingerprint density at radius 2 is 1.39 bits per heavy atom. The lowest BCUT2D eigenvalue weighted by Crippen LogP contribution is -2.09. The molecule has 1 aromatic carbocycles. The number of nitrogens with zero attached hydrogens (tertiary/aromatic N) is 3. The molecule has 0 saturated heterocycles. The van der Waals surface area contributed by atoms with Gasteiger partial charge in [0.05, 0.1) is 22.8 Å². The molecule has 2 aliphatic rings. The summed E-state index contributed by atoms with van der Waals surface area (Å²) in [6, 6.07) is 20.8. The van der Waals surface area contributed by atoms with Gasteiger partial charge in [-0.3, -0.25) is 5.10 Å². The molecular formula is C31H31N5. The topological polar surface area (TPSA) is 78.3 Å². The molecule has 3 heterocycles. The molecule has 0 spiro atoms. The monoisotopic (exact) mass is 473 g/mol.